The molecular weight excluding hydrogens is 508 g/mol. The van der Waals surface area contributed by atoms with E-state index in [1.54, 1.807) is 40.7 Å². The Bertz CT molecular complexity index is 1050. The number of phenols is 1. The zero-order chi connectivity index (χ0) is 29.8. The molecule has 2 unspecified atom stereocenters. The van der Waals surface area contributed by atoms with E-state index < -0.39 is 47.5 Å². The van der Waals surface area contributed by atoms with Crippen LogP contribution in [0.4, 0.5) is 4.79 Å². The highest BCUT2D eigenvalue weighted by molar-refractivity contribution is 5.92. The van der Waals surface area contributed by atoms with Crippen LogP contribution in [0.3, 0.4) is 0 Å². The standard InChI is InChI=1S/C27H40N4O8/c1-7-15-31(25(36)19(10-12-21(28)33)30-26(37)39-27(4,5)6)23(18-9-11-20(32)17(3)16-18)24(35)29-14-13-22(34)38-8-2/h7,9,11,16,19,23,32H,1,8,10,12-15H2,2-6H3,(H2,28,33)(H,29,35)(H,30,37). The Kier molecular flexibility index (Phi) is 13.0. The van der Waals surface area contributed by atoms with Crippen molar-refractivity contribution in [2.75, 3.05) is 19.7 Å². The summed E-state index contributed by atoms with van der Waals surface area (Å²) < 4.78 is 10.2. The maximum Gasteiger partial charge on any atom is 0.408 e. The fourth-order valence-corrected chi connectivity index (χ4v) is 3.59. The first-order valence-corrected chi connectivity index (χ1v) is 12.6. The van der Waals surface area contributed by atoms with Gasteiger partial charge in [-0.2, -0.15) is 0 Å². The van der Waals surface area contributed by atoms with Crippen LogP contribution < -0.4 is 16.4 Å². The number of primary amides is 1. The molecule has 0 aromatic heterocycles. The molecule has 0 aliphatic rings. The molecule has 216 valence electrons. The number of carbonyl (C=O) groups is 5. The van der Waals surface area contributed by atoms with E-state index in [1.165, 1.54) is 23.1 Å². The quantitative estimate of drug-likeness (QED) is 0.201. The summed E-state index contributed by atoms with van der Waals surface area (Å²) in [6, 6.07) is 1.92. The summed E-state index contributed by atoms with van der Waals surface area (Å²) in [5.74, 6) is -2.50. The molecule has 1 aromatic rings. The van der Waals surface area contributed by atoms with Crippen LogP contribution in [0.5, 0.6) is 5.75 Å². The number of amides is 4. The Labute approximate surface area is 228 Å². The Hall–Kier alpha value is -4.09. The number of carbonyl (C=O) groups excluding carboxylic acids is 5. The van der Waals surface area contributed by atoms with Crippen molar-refractivity contribution in [2.24, 2.45) is 5.73 Å². The second kappa shape index (κ2) is 15.4. The van der Waals surface area contributed by atoms with Gasteiger partial charge in [0.2, 0.25) is 17.7 Å². The summed E-state index contributed by atoms with van der Waals surface area (Å²) in [5.41, 5.74) is 5.25. The van der Waals surface area contributed by atoms with Gasteiger partial charge in [-0.1, -0.05) is 12.1 Å². The highest BCUT2D eigenvalue weighted by atomic mass is 16.6. The normalized spacial score (nSPS) is 12.4. The van der Waals surface area contributed by atoms with Crippen molar-refractivity contribution in [3.05, 3.63) is 42.0 Å². The largest absolute Gasteiger partial charge is 0.508 e. The van der Waals surface area contributed by atoms with Gasteiger partial charge in [0.1, 0.15) is 23.4 Å². The predicted molar refractivity (Wildman–Crippen MR) is 143 cm³/mol. The van der Waals surface area contributed by atoms with Gasteiger partial charge in [0.25, 0.3) is 0 Å². The minimum absolute atomic E-state index is 0.00672. The zero-order valence-corrected chi connectivity index (χ0v) is 23.2. The minimum Gasteiger partial charge on any atom is -0.508 e. The average Bonchev–Trinajstić information content (AvgIpc) is 2.82. The summed E-state index contributed by atoms with van der Waals surface area (Å²) in [6.45, 7) is 12.0. The molecule has 0 spiro atoms. The monoisotopic (exact) mass is 548 g/mol. The third-order valence-electron chi connectivity index (χ3n) is 5.31. The lowest BCUT2D eigenvalue weighted by atomic mass is 9.99. The molecule has 0 fully saturated rings. The number of alkyl carbamates (subject to hydrolysis) is 1. The van der Waals surface area contributed by atoms with E-state index in [0.29, 0.717) is 11.1 Å². The van der Waals surface area contributed by atoms with Gasteiger partial charge >= 0.3 is 12.1 Å². The Morgan fingerprint density at radius 3 is 2.38 bits per heavy atom. The van der Waals surface area contributed by atoms with Crippen LogP contribution >= 0.6 is 0 Å². The number of aryl methyl sites for hydroxylation is 1. The number of rotatable bonds is 14. The van der Waals surface area contributed by atoms with E-state index in [-0.39, 0.29) is 44.7 Å². The molecule has 0 aliphatic heterocycles. The minimum atomic E-state index is -1.26. The van der Waals surface area contributed by atoms with E-state index in [0.717, 1.165) is 0 Å². The molecule has 1 rings (SSSR count). The number of aromatic hydroxyl groups is 1. The summed E-state index contributed by atoms with van der Waals surface area (Å²) in [6.07, 6.45) is 0.0654. The molecule has 0 saturated carbocycles. The molecule has 4 amide bonds. The number of hydrogen-bond donors (Lipinski definition) is 4. The van der Waals surface area contributed by atoms with E-state index >= 15 is 0 Å². The van der Waals surface area contributed by atoms with Gasteiger partial charge in [-0.25, -0.2) is 4.79 Å². The maximum atomic E-state index is 13.8. The van der Waals surface area contributed by atoms with Crippen LogP contribution in [0.25, 0.3) is 0 Å². The Balaban J connectivity index is 3.43. The van der Waals surface area contributed by atoms with Crippen molar-refractivity contribution >= 4 is 29.8 Å². The average molecular weight is 549 g/mol. The highest BCUT2D eigenvalue weighted by Gasteiger charge is 2.36. The summed E-state index contributed by atoms with van der Waals surface area (Å²) >= 11 is 0. The Morgan fingerprint density at radius 2 is 1.85 bits per heavy atom. The molecule has 5 N–H and O–H groups in total. The number of nitrogens with one attached hydrogen (secondary N) is 2. The van der Waals surface area contributed by atoms with E-state index in [2.05, 4.69) is 17.2 Å². The van der Waals surface area contributed by atoms with Gasteiger partial charge in [-0.3, -0.25) is 19.2 Å². The number of phenolic OH excluding ortho intramolecular Hbond substituents is 1. The van der Waals surface area contributed by atoms with Crippen LogP contribution in [0.1, 0.15) is 64.1 Å². The van der Waals surface area contributed by atoms with Crippen LogP contribution in [-0.4, -0.2) is 71.1 Å². The van der Waals surface area contributed by atoms with Gasteiger partial charge in [0.05, 0.1) is 13.0 Å². The van der Waals surface area contributed by atoms with Crippen LogP contribution in [-0.2, 0) is 28.7 Å². The summed E-state index contributed by atoms with van der Waals surface area (Å²) in [5, 5.41) is 15.1. The number of hydrogen-bond acceptors (Lipinski definition) is 8. The third-order valence-corrected chi connectivity index (χ3v) is 5.31. The number of nitrogens with zero attached hydrogens (tertiary/aromatic N) is 1. The van der Waals surface area contributed by atoms with Gasteiger partial charge in [-0.15, -0.1) is 6.58 Å². The van der Waals surface area contributed by atoms with Crippen molar-refractivity contribution in [1.82, 2.24) is 15.5 Å². The molecule has 1 aromatic carbocycles. The Morgan fingerprint density at radius 1 is 1.18 bits per heavy atom. The first-order chi connectivity index (χ1) is 18.2. The SMILES string of the molecule is C=CCN(C(=O)C(CCC(N)=O)NC(=O)OC(C)(C)C)C(C(=O)NCCC(=O)OCC)c1ccc(O)c(C)c1. The van der Waals surface area contributed by atoms with E-state index in [9.17, 15) is 29.1 Å². The molecule has 0 bridgehead atoms. The lowest BCUT2D eigenvalue weighted by Gasteiger charge is -2.34. The predicted octanol–water partition coefficient (Wildman–Crippen LogP) is 1.98. The highest BCUT2D eigenvalue weighted by Crippen LogP contribution is 2.27. The van der Waals surface area contributed by atoms with Crippen LogP contribution in [0.15, 0.2) is 30.9 Å². The molecule has 0 heterocycles. The number of esters is 1. The van der Waals surface area contributed by atoms with Gasteiger partial charge < -0.3 is 35.8 Å². The van der Waals surface area contributed by atoms with Crippen molar-refractivity contribution in [3.63, 3.8) is 0 Å². The summed E-state index contributed by atoms with van der Waals surface area (Å²) in [4.78, 5) is 64.2. The fourth-order valence-electron chi connectivity index (χ4n) is 3.59. The van der Waals surface area contributed by atoms with Gasteiger partial charge in [0.15, 0.2) is 0 Å². The molecule has 2 atom stereocenters. The fraction of sp³-hybridized carbons (Fsp3) is 0.519. The molecule has 0 aliphatic carbocycles. The molecular formula is C27H40N4O8. The molecule has 12 nitrogen and oxygen atoms in total. The first-order valence-electron chi connectivity index (χ1n) is 12.6. The zero-order valence-electron chi connectivity index (χ0n) is 23.2. The topological polar surface area (TPSA) is 177 Å². The molecule has 39 heavy (non-hydrogen) atoms. The summed E-state index contributed by atoms with van der Waals surface area (Å²) in [7, 11) is 0. The third kappa shape index (κ3) is 11.5. The lowest BCUT2D eigenvalue weighted by Crippen LogP contribution is -2.53. The molecule has 0 radical (unpaired) electrons. The van der Waals surface area contributed by atoms with Crippen molar-refractivity contribution in [3.8, 4) is 5.75 Å². The van der Waals surface area contributed by atoms with Crippen LogP contribution in [0.2, 0.25) is 0 Å². The first kappa shape index (κ1) is 32.9. The number of benzene rings is 1. The van der Waals surface area contributed by atoms with Crippen LogP contribution in [0, 0.1) is 6.92 Å². The van der Waals surface area contributed by atoms with Crippen molar-refractivity contribution in [2.45, 2.75) is 71.6 Å². The van der Waals surface area contributed by atoms with Crippen molar-refractivity contribution in [1.29, 1.82) is 0 Å². The van der Waals surface area contributed by atoms with E-state index in [4.69, 9.17) is 15.2 Å². The van der Waals surface area contributed by atoms with E-state index in [1.807, 2.05) is 0 Å². The second-order valence-corrected chi connectivity index (χ2v) is 9.78. The second-order valence-electron chi connectivity index (χ2n) is 9.78. The number of nitrogens with two attached hydrogens (primary N) is 1. The maximum absolute atomic E-state index is 13.8. The van der Waals surface area contributed by atoms with Crippen molar-refractivity contribution < 1.29 is 38.6 Å². The number of ether oxygens (including phenoxy) is 2. The lowest BCUT2D eigenvalue weighted by molar-refractivity contribution is -0.144. The van der Waals surface area contributed by atoms with Gasteiger partial charge in [-0.05, 0) is 64.3 Å². The smallest absolute Gasteiger partial charge is 0.408 e. The molecule has 0 saturated heterocycles. The molecule has 12 heteroatoms. The van der Waals surface area contributed by atoms with Gasteiger partial charge in [0, 0.05) is 19.5 Å².